The van der Waals surface area contributed by atoms with Gasteiger partial charge < -0.3 is 0 Å². The van der Waals surface area contributed by atoms with E-state index >= 15 is 0 Å². The standard InChI is InChI=1S/C18H28N2O3/c1-9-11-18(12-10-2)13(21)19(16(3,4)5)15(23)20(14(18)22)17(6,7)8/h9-10H,1-2,11-12H2,3-8H3. The summed E-state index contributed by atoms with van der Waals surface area (Å²) in [5.41, 5.74) is -2.81. The molecule has 5 nitrogen and oxygen atoms in total. The van der Waals surface area contributed by atoms with Gasteiger partial charge in [-0.3, -0.25) is 19.4 Å². The highest BCUT2D eigenvalue weighted by Crippen LogP contribution is 2.41. The second-order valence-corrected chi connectivity index (χ2v) is 7.97. The zero-order valence-electron chi connectivity index (χ0n) is 15.1. The lowest BCUT2D eigenvalue weighted by atomic mass is 9.75. The minimum absolute atomic E-state index is 0.170. The van der Waals surface area contributed by atoms with Gasteiger partial charge >= 0.3 is 6.03 Å². The summed E-state index contributed by atoms with van der Waals surface area (Å²) in [4.78, 5) is 41.6. The summed E-state index contributed by atoms with van der Waals surface area (Å²) in [6.07, 6.45) is 3.44. The highest BCUT2D eigenvalue weighted by Gasteiger charge is 2.60. The summed E-state index contributed by atoms with van der Waals surface area (Å²) in [6.45, 7) is 18.1. The molecule has 0 bridgehead atoms. The van der Waals surface area contributed by atoms with Crippen molar-refractivity contribution in [1.29, 1.82) is 0 Å². The average Bonchev–Trinajstić information content (AvgIpc) is 2.33. The van der Waals surface area contributed by atoms with Crippen molar-refractivity contribution < 1.29 is 14.4 Å². The molecule has 0 aromatic heterocycles. The zero-order valence-corrected chi connectivity index (χ0v) is 15.1. The number of barbiturate groups is 1. The Morgan fingerprint density at radius 2 is 1.13 bits per heavy atom. The van der Waals surface area contributed by atoms with E-state index in [1.54, 1.807) is 53.7 Å². The van der Waals surface area contributed by atoms with Gasteiger partial charge in [-0.25, -0.2) is 4.79 Å². The Hall–Kier alpha value is -1.91. The van der Waals surface area contributed by atoms with E-state index in [0.29, 0.717) is 0 Å². The van der Waals surface area contributed by atoms with E-state index in [1.807, 2.05) is 0 Å². The number of amides is 4. The molecule has 0 spiro atoms. The van der Waals surface area contributed by atoms with Crippen LogP contribution in [0.5, 0.6) is 0 Å². The van der Waals surface area contributed by atoms with E-state index in [1.165, 1.54) is 9.80 Å². The van der Waals surface area contributed by atoms with Gasteiger partial charge in [-0.2, -0.15) is 0 Å². The molecule has 128 valence electrons. The first-order valence-electron chi connectivity index (χ1n) is 7.79. The third-order valence-corrected chi connectivity index (χ3v) is 3.93. The number of nitrogens with zero attached hydrogens (tertiary/aromatic N) is 2. The van der Waals surface area contributed by atoms with Crippen LogP contribution in [0.15, 0.2) is 25.3 Å². The number of urea groups is 1. The normalized spacial score (nSPS) is 19.1. The predicted octanol–water partition coefficient (Wildman–Crippen LogP) is 3.51. The van der Waals surface area contributed by atoms with Gasteiger partial charge in [-0.1, -0.05) is 12.2 Å². The van der Waals surface area contributed by atoms with Gasteiger partial charge in [0.15, 0.2) is 0 Å². The van der Waals surface area contributed by atoms with E-state index < -0.39 is 34.3 Å². The highest BCUT2D eigenvalue weighted by molar-refractivity contribution is 6.20. The lowest BCUT2D eigenvalue weighted by Gasteiger charge is -2.51. The quantitative estimate of drug-likeness (QED) is 0.588. The summed E-state index contributed by atoms with van der Waals surface area (Å²) in [5, 5.41) is 0. The molecule has 0 aliphatic carbocycles. The zero-order chi connectivity index (χ0) is 18.2. The van der Waals surface area contributed by atoms with Gasteiger partial charge in [0, 0.05) is 11.1 Å². The first-order chi connectivity index (χ1) is 10.3. The minimum atomic E-state index is -1.35. The van der Waals surface area contributed by atoms with Crippen molar-refractivity contribution in [2.24, 2.45) is 5.41 Å². The number of hydrogen-bond donors (Lipinski definition) is 0. The topological polar surface area (TPSA) is 57.7 Å². The Balaban J connectivity index is 3.66. The molecule has 1 aliphatic rings. The fraction of sp³-hybridized carbons (Fsp3) is 0.611. The third kappa shape index (κ3) is 3.09. The molecule has 0 saturated carbocycles. The number of carbonyl (C=O) groups is 3. The highest BCUT2D eigenvalue weighted by atomic mass is 16.2. The van der Waals surface area contributed by atoms with Crippen molar-refractivity contribution in [3.63, 3.8) is 0 Å². The van der Waals surface area contributed by atoms with Crippen molar-refractivity contribution in [2.75, 3.05) is 0 Å². The van der Waals surface area contributed by atoms with E-state index in [0.717, 1.165) is 0 Å². The van der Waals surface area contributed by atoms with Crippen LogP contribution in [-0.2, 0) is 9.59 Å². The van der Waals surface area contributed by atoms with Crippen LogP contribution in [-0.4, -0.2) is 38.7 Å². The first kappa shape index (κ1) is 19.1. The Kier molecular flexibility index (Phi) is 4.95. The van der Waals surface area contributed by atoms with E-state index in [9.17, 15) is 14.4 Å². The van der Waals surface area contributed by atoms with Gasteiger partial charge in [-0.15, -0.1) is 13.2 Å². The molecule has 0 aromatic rings. The van der Waals surface area contributed by atoms with Gasteiger partial charge in [-0.05, 0) is 54.4 Å². The summed E-state index contributed by atoms with van der Waals surface area (Å²) < 4.78 is 0. The molecular weight excluding hydrogens is 292 g/mol. The van der Waals surface area contributed by atoms with E-state index in [2.05, 4.69) is 13.2 Å². The number of rotatable bonds is 4. The van der Waals surface area contributed by atoms with Gasteiger partial charge in [0.05, 0.1) is 0 Å². The molecule has 0 N–H and O–H groups in total. The number of allylic oxidation sites excluding steroid dienone is 2. The Morgan fingerprint density at radius 3 is 1.35 bits per heavy atom. The largest absolute Gasteiger partial charge is 0.334 e. The maximum atomic E-state index is 13.1. The lowest BCUT2D eigenvalue weighted by Crippen LogP contribution is -2.71. The fourth-order valence-corrected chi connectivity index (χ4v) is 2.90. The van der Waals surface area contributed by atoms with Crippen molar-refractivity contribution in [3.8, 4) is 0 Å². The first-order valence-corrected chi connectivity index (χ1v) is 7.79. The van der Waals surface area contributed by atoms with Crippen LogP contribution in [0.2, 0.25) is 0 Å². The maximum Gasteiger partial charge on any atom is 0.334 e. The van der Waals surface area contributed by atoms with Crippen LogP contribution >= 0.6 is 0 Å². The van der Waals surface area contributed by atoms with Crippen molar-refractivity contribution in [3.05, 3.63) is 25.3 Å². The van der Waals surface area contributed by atoms with E-state index in [-0.39, 0.29) is 12.8 Å². The molecule has 1 heterocycles. The Labute approximate surface area is 139 Å². The van der Waals surface area contributed by atoms with Crippen molar-refractivity contribution in [2.45, 2.75) is 65.5 Å². The van der Waals surface area contributed by atoms with E-state index in [4.69, 9.17) is 0 Å². The SMILES string of the molecule is C=CCC1(CC=C)C(=O)N(C(C)(C)C)C(=O)N(C(C)(C)C)C1=O. The Bertz CT molecular complexity index is 502. The summed E-state index contributed by atoms with van der Waals surface area (Å²) in [5.74, 6) is -0.944. The smallest absolute Gasteiger partial charge is 0.273 e. The molecule has 1 fully saturated rings. The molecule has 1 rings (SSSR count). The molecule has 0 radical (unpaired) electrons. The van der Waals surface area contributed by atoms with Crippen LogP contribution in [0.25, 0.3) is 0 Å². The van der Waals surface area contributed by atoms with Gasteiger partial charge in [0.2, 0.25) is 11.8 Å². The summed E-state index contributed by atoms with van der Waals surface area (Å²) in [7, 11) is 0. The minimum Gasteiger partial charge on any atom is -0.273 e. The number of hydrogen-bond acceptors (Lipinski definition) is 3. The lowest BCUT2D eigenvalue weighted by molar-refractivity contribution is -0.164. The molecule has 5 heteroatoms. The third-order valence-electron chi connectivity index (χ3n) is 3.93. The molecule has 1 saturated heterocycles. The molecule has 23 heavy (non-hydrogen) atoms. The predicted molar refractivity (Wildman–Crippen MR) is 90.7 cm³/mol. The average molecular weight is 320 g/mol. The summed E-state index contributed by atoms with van der Waals surface area (Å²) in [6, 6.07) is -0.566. The molecule has 0 unspecified atom stereocenters. The maximum absolute atomic E-state index is 13.1. The monoisotopic (exact) mass is 320 g/mol. The molecular formula is C18H28N2O3. The number of carbonyl (C=O) groups excluding carboxylic acids is 3. The fourth-order valence-electron chi connectivity index (χ4n) is 2.90. The van der Waals surface area contributed by atoms with Crippen molar-refractivity contribution in [1.82, 2.24) is 9.80 Å². The van der Waals surface area contributed by atoms with Crippen LogP contribution in [0.3, 0.4) is 0 Å². The van der Waals surface area contributed by atoms with Crippen molar-refractivity contribution >= 4 is 17.8 Å². The molecule has 1 aliphatic heterocycles. The molecule has 0 aromatic carbocycles. The molecule has 4 amide bonds. The second kappa shape index (κ2) is 5.95. The second-order valence-electron chi connectivity index (χ2n) is 7.97. The summed E-state index contributed by atoms with van der Waals surface area (Å²) >= 11 is 0. The van der Waals surface area contributed by atoms with Gasteiger partial charge in [0.25, 0.3) is 0 Å². The molecule has 0 atom stereocenters. The van der Waals surface area contributed by atoms with Gasteiger partial charge in [0.1, 0.15) is 5.41 Å². The van der Waals surface area contributed by atoms with Crippen LogP contribution in [0, 0.1) is 5.41 Å². The number of imide groups is 2. The Morgan fingerprint density at radius 1 is 0.826 bits per heavy atom. The van der Waals surface area contributed by atoms with Crippen LogP contribution in [0.4, 0.5) is 4.79 Å². The van der Waals surface area contributed by atoms with Crippen LogP contribution < -0.4 is 0 Å². The van der Waals surface area contributed by atoms with Crippen LogP contribution in [0.1, 0.15) is 54.4 Å².